The van der Waals surface area contributed by atoms with Gasteiger partial charge >= 0.3 is 7.82 Å². The van der Waals surface area contributed by atoms with Crippen molar-refractivity contribution in [2.75, 3.05) is 0 Å². The van der Waals surface area contributed by atoms with Crippen molar-refractivity contribution in [1.29, 1.82) is 0 Å². The molecule has 0 N–H and O–H groups in total. The molecule has 0 bridgehead atoms. The third kappa shape index (κ3) is 6.25. The van der Waals surface area contributed by atoms with Gasteiger partial charge in [-0.3, -0.25) is 13.6 Å². The van der Waals surface area contributed by atoms with E-state index >= 15 is 0 Å². The van der Waals surface area contributed by atoms with E-state index in [1.54, 1.807) is 18.2 Å². The van der Waals surface area contributed by atoms with Crippen molar-refractivity contribution in [1.82, 2.24) is 0 Å². The third-order valence-electron chi connectivity index (χ3n) is 4.96. The fraction of sp³-hybridized carbons (Fsp3) is 0.111. The molecule has 0 aromatic heterocycles. The Kier molecular flexibility index (Phi) is 8.55. The molecule has 0 amide bonds. The van der Waals surface area contributed by atoms with E-state index in [9.17, 15) is 4.57 Å². The Morgan fingerprint density at radius 1 is 0.562 bits per heavy atom. The van der Waals surface area contributed by atoms with Gasteiger partial charge in [-0.15, -0.1) is 0 Å². The first-order chi connectivity index (χ1) is 15.6. The predicted molar refractivity (Wildman–Crippen MR) is 132 cm³/mol. The van der Waals surface area contributed by atoms with Crippen molar-refractivity contribution >= 4 is 26.1 Å². The minimum Gasteiger partial charge on any atom is -0.282 e. The van der Waals surface area contributed by atoms with Gasteiger partial charge in [-0.2, -0.15) is 0 Å². The van der Waals surface area contributed by atoms with Crippen LogP contribution in [0.15, 0.2) is 92.5 Å². The second-order valence-electron chi connectivity index (χ2n) is 6.98. The number of benzene rings is 3. The Hall–Kier alpha value is -3.01. The monoisotopic (exact) mass is 446 g/mol. The number of hydrogen-bond acceptors (Lipinski definition) is 4. The Labute approximate surface area is 190 Å². The van der Waals surface area contributed by atoms with Crippen molar-refractivity contribution in [3.05, 3.63) is 126 Å². The molecule has 0 radical (unpaired) electrons. The summed E-state index contributed by atoms with van der Waals surface area (Å²) in [5.41, 5.74) is 5.21. The van der Waals surface area contributed by atoms with Crippen LogP contribution in [-0.2, 0) is 38.0 Å². The average Bonchev–Trinajstić information content (AvgIpc) is 2.85. The first-order valence-electron chi connectivity index (χ1n) is 10.2. The van der Waals surface area contributed by atoms with E-state index in [1.807, 2.05) is 72.8 Å². The third-order valence-corrected chi connectivity index (χ3v) is 6.30. The molecule has 3 rings (SSSR count). The van der Waals surface area contributed by atoms with Crippen molar-refractivity contribution in [3.8, 4) is 0 Å². The summed E-state index contributed by atoms with van der Waals surface area (Å²) in [5.74, 6) is 0. The Morgan fingerprint density at radius 3 is 1.12 bits per heavy atom. The number of hydrogen-bond donors (Lipinski definition) is 0. The molecular weight excluding hydrogens is 419 g/mol. The molecule has 5 heteroatoms. The van der Waals surface area contributed by atoms with Gasteiger partial charge in [0.05, 0.1) is 19.8 Å². The van der Waals surface area contributed by atoms with Gasteiger partial charge in [0.2, 0.25) is 0 Å². The van der Waals surface area contributed by atoms with Crippen LogP contribution in [0.4, 0.5) is 0 Å². The molecule has 0 unspecified atom stereocenters. The molecule has 4 nitrogen and oxygen atoms in total. The normalized spacial score (nSPS) is 11.1. The molecule has 0 saturated heterocycles. The highest BCUT2D eigenvalue weighted by Crippen LogP contribution is 2.52. The SMILES string of the molecule is C=Cc1ccccc1COP(=O)(OCc1ccccc1C=C)OCc1ccccc1C=C. The van der Waals surface area contributed by atoms with E-state index in [0.717, 1.165) is 33.4 Å². The molecule has 3 aromatic carbocycles. The smallest absolute Gasteiger partial charge is 0.282 e. The molecule has 164 valence electrons. The van der Waals surface area contributed by atoms with Gasteiger partial charge in [-0.25, -0.2) is 4.57 Å². The minimum absolute atomic E-state index is 0.0612. The molecule has 32 heavy (non-hydrogen) atoms. The summed E-state index contributed by atoms with van der Waals surface area (Å²) in [7, 11) is -3.91. The summed E-state index contributed by atoms with van der Waals surface area (Å²) in [6, 6.07) is 22.8. The fourth-order valence-electron chi connectivity index (χ4n) is 3.15. The quantitative estimate of drug-likeness (QED) is 0.268. The van der Waals surface area contributed by atoms with Crippen molar-refractivity contribution in [2.45, 2.75) is 19.8 Å². The molecule has 0 fully saturated rings. The number of rotatable bonds is 12. The molecular formula is C27H27O4P. The molecule has 0 aliphatic carbocycles. The first kappa shape index (κ1) is 23.6. The number of phosphoric acid groups is 1. The van der Waals surface area contributed by atoms with Gasteiger partial charge in [0.15, 0.2) is 0 Å². The maximum absolute atomic E-state index is 13.6. The van der Waals surface area contributed by atoms with Crippen LogP contribution in [0, 0.1) is 0 Å². The Balaban J connectivity index is 1.80. The molecule has 0 saturated carbocycles. The van der Waals surface area contributed by atoms with Crippen LogP contribution >= 0.6 is 7.82 Å². The highest BCUT2D eigenvalue weighted by Gasteiger charge is 2.28. The van der Waals surface area contributed by atoms with Gasteiger partial charge in [0, 0.05) is 0 Å². The molecule has 0 heterocycles. The lowest BCUT2D eigenvalue weighted by Crippen LogP contribution is -2.04. The van der Waals surface area contributed by atoms with Crippen LogP contribution in [0.25, 0.3) is 18.2 Å². The zero-order chi connectivity index (χ0) is 22.8. The Morgan fingerprint density at radius 2 is 0.844 bits per heavy atom. The zero-order valence-electron chi connectivity index (χ0n) is 18.0. The summed E-state index contributed by atoms with van der Waals surface area (Å²) in [5, 5.41) is 0. The average molecular weight is 446 g/mol. The summed E-state index contributed by atoms with van der Waals surface area (Å²) in [6.45, 7) is 11.6. The standard InChI is InChI=1S/C27H27O4P/c1-4-22-13-7-10-16-25(22)19-29-32(28,30-20-26-17-11-8-14-23(26)5-2)31-21-27-18-12-9-15-24(27)6-3/h4-18H,1-3,19-21H2. The lowest BCUT2D eigenvalue weighted by molar-refractivity contribution is 0.0977. The first-order valence-corrected chi connectivity index (χ1v) is 11.7. The van der Waals surface area contributed by atoms with Crippen molar-refractivity contribution < 1.29 is 18.1 Å². The lowest BCUT2D eigenvalue weighted by Gasteiger charge is -2.20. The van der Waals surface area contributed by atoms with Crippen molar-refractivity contribution in [3.63, 3.8) is 0 Å². The maximum Gasteiger partial charge on any atom is 0.475 e. The van der Waals surface area contributed by atoms with E-state index in [-0.39, 0.29) is 19.8 Å². The second kappa shape index (κ2) is 11.6. The molecule has 3 aromatic rings. The van der Waals surface area contributed by atoms with Gasteiger partial charge < -0.3 is 0 Å². The summed E-state index contributed by atoms with van der Waals surface area (Å²) >= 11 is 0. The molecule has 0 aliphatic rings. The van der Waals surface area contributed by atoms with E-state index in [0.29, 0.717) is 0 Å². The summed E-state index contributed by atoms with van der Waals surface area (Å²) < 4.78 is 30.9. The van der Waals surface area contributed by atoms with Crippen LogP contribution in [-0.4, -0.2) is 0 Å². The molecule has 0 spiro atoms. The van der Waals surface area contributed by atoms with Crippen LogP contribution in [0.2, 0.25) is 0 Å². The van der Waals surface area contributed by atoms with Crippen molar-refractivity contribution in [2.24, 2.45) is 0 Å². The van der Waals surface area contributed by atoms with Crippen LogP contribution in [0.1, 0.15) is 33.4 Å². The molecule has 0 atom stereocenters. The summed E-state index contributed by atoms with van der Waals surface area (Å²) in [6.07, 6.45) is 5.18. The lowest BCUT2D eigenvalue weighted by atomic mass is 10.1. The Bertz CT molecular complexity index is 994. The minimum atomic E-state index is -3.91. The second-order valence-corrected chi connectivity index (χ2v) is 8.65. The maximum atomic E-state index is 13.6. The van der Waals surface area contributed by atoms with Crippen LogP contribution in [0.5, 0.6) is 0 Å². The van der Waals surface area contributed by atoms with E-state index < -0.39 is 7.82 Å². The highest BCUT2D eigenvalue weighted by molar-refractivity contribution is 7.48. The zero-order valence-corrected chi connectivity index (χ0v) is 18.9. The summed E-state index contributed by atoms with van der Waals surface area (Å²) in [4.78, 5) is 0. The largest absolute Gasteiger partial charge is 0.475 e. The van der Waals surface area contributed by atoms with Gasteiger partial charge in [-0.05, 0) is 33.4 Å². The van der Waals surface area contributed by atoms with Crippen LogP contribution in [0.3, 0.4) is 0 Å². The predicted octanol–water partition coefficient (Wildman–Crippen LogP) is 7.67. The molecule has 0 aliphatic heterocycles. The highest BCUT2D eigenvalue weighted by atomic mass is 31.2. The number of phosphoric ester groups is 1. The van der Waals surface area contributed by atoms with Gasteiger partial charge in [0.25, 0.3) is 0 Å². The van der Waals surface area contributed by atoms with Crippen LogP contribution < -0.4 is 0 Å². The van der Waals surface area contributed by atoms with E-state index in [1.165, 1.54) is 0 Å². The van der Waals surface area contributed by atoms with E-state index in [2.05, 4.69) is 19.7 Å². The fourth-order valence-corrected chi connectivity index (χ4v) is 4.27. The van der Waals surface area contributed by atoms with Gasteiger partial charge in [-0.1, -0.05) is 111 Å². The topological polar surface area (TPSA) is 44.8 Å². The van der Waals surface area contributed by atoms with Gasteiger partial charge in [0.1, 0.15) is 0 Å². The van der Waals surface area contributed by atoms with E-state index in [4.69, 9.17) is 13.6 Å².